The molecule has 1 aromatic carbocycles. The van der Waals surface area contributed by atoms with E-state index in [1.807, 2.05) is 6.92 Å². The van der Waals surface area contributed by atoms with Crippen molar-refractivity contribution in [3.05, 3.63) is 70.7 Å². The molecular weight excluding hydrogens is 539 g/mol. The number of methoxy groups -OCH3 is 1. The summed E-state index contributed by atoms with van der Waals surface area (Å²) in [5, 5.41) is 0. The average Bonchev–Trinajstić information content (AvgIpc) is 3.71. The molecule has 1 amide bonds. The van der Waals surface area contributed by atoms with E-state index in [0.717, 1.165) is 24.7 Å². The number of nitrogens with zero attached hydrogens (tertiary/aromatic N) is 7. The number of rotatable bonds is 7. The molecule has 214 valence electrons. The first-order chi connectivity index (χ1) is 19.5. The molecule has 1 fully saturated rings. The molecule has 41 heavy (non-hydrogen) atoms. The van der Waals surface area contributed by atoms with E-state index < -0.39 is 24.1 Å². The molecule has 0 bridgehead atoms. The van der Waals surface area contributed by atoms with Gasteiger partial charge in [0.1, 0.15) is 29.6 Å². The van der Waals surface area contributed by atoms with Crippen LogP contribution in [0.15, 0.2) is 58.2 Å². The topological polar surface area (TPSA) is 107 Å². The van der Waals surface area contributed by atoms with Crippen molar-refractivity contribution in [1.29, 1.82) is 0 Å². The first-order valence-corrected chi connectivity index (χ1v) is 12.8. The number of hydrogen-bond donors (Lipinski definition) is 0. The maximum atomic E-state index is 13.1. The van der Waals surface area contributed by atoms with Gasteiger partial charge >= 0.3 is 12.3 Å². The number of ether oxygens (including phenoxy) is 2. The first-order valence-electron chi connectivity index (χ1n) is 12.8. The Balaban J connectivity index is 1.49. The van der Waals surface area contributed by atoms with Gasteiger partial charge in [-0.05, 0) is 39.0 Å². The van der Waals surface area contributed by atoms with Crippen LogP contribution in [0.4, 0.5) is 18.0 Å². The van der Waals surface area contributed by atoms with Crippen LogP contribution in [0.1, 0.15) is 55.1 Å². The minimum absolute atomic E-state index is 0.0820. The van der Waals surface area contributed by atoms with E-state index in [4.69, 9.17) is 14.5 Å². The number of alkyl halides is 3. The number of benzene rings is 1. The molecule has 0 radical (unpaired) electrons. The van der Waals surface area contributed by atoms with E-state index in [0.29, 0.717) is 34.0 Å². The summed E-state index contributed by atoms with van der Waals surface area (Å²) in [4.78, 5) is 35.8. The van der Waals surface area contributed by atoms with Gasteiger partial charge in [0.25, 0.3) is 0 Å². The van der Waals surface area contributed by atoms with Gasteiger partial charge in [-0.1, -0.05) is 24.3 Å². The number of cyclic esters (lactones) is 1. The van der Waals surface area contributed by atoms with Crippen molar-refractivity contribution in [2.75, 3.05) is 7.11 Å². The number of imidazole rings is 1. The zero-order chi connectivity index (χ0) is 29.5. The summed E-state index contributed by atoms with van der Waals surface area (Å²) < 4.78 is 51.7. The second-order valence-corrected chi connectivity index (χ2v) is 9.89. The van der Waals surface area contributed by atoms with Gasteiger partial charge in [-0.15, -0.1) is 0 Å². The van der Waals surface area contributed by atoms with Crippen LogP contribution >= 0.6 is 0 Å². The minimum atomic E-state index is -4.54. The zero-order valence-corrected chi connectivity index (χ0v) is 22.9. The van der Waals surface area contributed by atoms with Crippen LogP contribution in [0.2, 0.25) is 0 Å². The molecule has 1 saturated carbocycles. The second-order valence-electron chi connectivity index (χ2n) is 9.89. The van der Waals surface area contributed by atoms with Crippen LogP contribution in [0.3, 0.4) is 0 Å². The Morgan fingerprint density at radius 1 is 1.22 bits per heavy atom. The number of aliphatic imine (C=N–C) groups is 2. The Bertz CT molecular complexity index is 1560. The van der Waals surface area contributed by atoms with Gasteiger partial charge in [0.15, 0.2) is 11.5 Å². The maximum absolute atomic E-state index is 13.1. The monoisotopic (exact) mass is 567 g/mol. The number of amides is 1. The smallest absolute Gasteiger partial charge is 0.434 e. The lowest BCUT2D eigenvalue weighted by molar-refractivity contribution is -0.140. The normalized spacial score (nSPS) is 18.0. The van der Waals surface area contributed by atoms with E-state index in [9.17, 15) is 18.0 Å². The van der Waals surface area contributed by atoms with Crippen molar-refractivity contribution >= 4 is 18.6 Å². The Labute approximate surface area is 234 Å². The summed E-state index contributed by atoms with van der Waals surface area (Å²) in [7, 11) is 3.00. The minimum Gasteiger partial charge on any atom is -0.480 e. The van der Waals surface area contributed by atoms with Crippen LogP contribution in [-0.2, 0) is 24.5 Å². The maximum Gasteiger partial charge on any atom is 0.434 e. The van der Waals surface area contributed by atoms with Gasteiger partial charge in [0.05, 0.1) is 19.3 Å². The van der Waals surface area contributed by atoms with Crippen LogP contribution in [0, 0.1) is 0 Å². The molecule has 3 heterocycles. The average molecular weight is 568 g/mol. The lowest BCUT2D eigenvalue weighted by Crippen LogP contribution is -2.39. The third-order valence-electron chi connectivity index (χ3n) is 7.02. The Kier molecular flexibility index (Phi) is 7.37. The Hall–Kier alpha value is -4.55. The molecule has 1 aliphatic carbocycles. The van der Waals surface area contributed by atoms with E-state index in [1.54, 1.807) is 31.2 Å². The van der Waals surface area contributed by atoms with Crippen molar-refractivity contribution in [2.24, 2.45) is 17.0 Å². The molecule has 0 spiro atoms. The third-order valence-corrected chi connectivity index (χ3v) is 7.02. The van der Waals surface area contributed by atoms with E-state index in [-0.39, 0.29) is 24.1 Å². The lowest BCUT2D eigenvalue weighted by Gasteiger charge is -2.32. The lowest BCUT2D eigenvalue weighted by atomic mass is 10.1. The summed E-state index contributed by atoms with van der Waals surface area (Å²) >= 11 is 0. The number of aryl methyl sites for hydroxylation is 1. The summed E-state index contributed by atoms with van der Waals surface area (Å²) in [5.41, 5.74) is 2.20. The number of amidine groups is 1. The van der Waals surface area contributed by atoms with Crippen molar-refractivity contribution in [3.63, 3.8) is 0 Å². The molecule has 13 heteroatoms. The van der Waals surface area contributed by atoms with Crippen molar-refractivity contribution in [3.8, 4) is 17.3 Å². The summed E-state index contributed by atoms with van der Waals surface area (Å²) in [5.74, 6) is 1.27. The highest BCUT2D eigenvalue weighted by atomic mass is 19.4. The molecule has 0 N–H and O–H groups in total. The predicted molar refractivity (Wildman–Crippen MR) is 144 cm³/mol. The highest BCUT2D eigenvalue weighted by molar-refractivity contribution is 6.05. The highest BCUT2D eigenvalue weighted by Crippen LogP contribution is 2.42. The fourth-order valence-electron chi connectivity index (χ4n) is 4.57. The van der Waals surface area contributed by atoms with Gasteiger partial charge in [0, 0.05) is 30.3 Å². The van der Waals surface area contributed by atoms with E-state index in [2.05, 4.69) is 26.7 Å². The molecule has 5 rings (SSSR count). The van der Waals surface area contributed by atoms with Gasteiger partial charge in [0.2, 0.25) is 5.88 Å². The SMILES string of the molecule is C=N/C(=N\C1=C(C)C(C)OC(=O)N1Cc1ccc(-c2nc(C(F)(F)F)cn2C)cc1)c1c(OC)ncnc1C1CC1. The molecule has 0 saturated heterocycles. The molecule has 1 aliphatic heterocycles. The fraction of sp³-hybridized carbons (Fsp3) is 0.357. The van der Waals surface area contributed by atoms with Crippen LogP contribution < -0.4 is 4.74 Å². The predicted octanol–water partition coefficient (Wildman–Crippen LogP) is 5.50. The van der Waals surface area contributed by atoms with E-state index in [1.165, 1.54) is 30.0 Å². The number of carbonyl (C=O) groups excluding carboxylic acids is 1. The van der Waals surface area contributed by atoms with Crippen molar-refractivity contribution < 1.29 is 27.4 Å². The summed E-state index contributed by atoms with van der Waals surface area (Å²) in [6.07, 6.45) is -1.36. The quantitative estimate of drug-likeness (QED) is 0.276. The molecule has 1 atom stereocenters. The Morgan fingerprint density at radius 2 is 1.93 bits per heavy atom. The highest BCUT2D eigenvalue weighted by Gasteiger charge is 2.36. The second kappa shape index (κ2) is 10.8. The zero-order valence-electron chi connectivity index (χ0n) is 22.9. The van der Waals surface area contributed by atoms with Crippen molar-refractivity contribution in [2.45, 2.75) is 51.4 Å². The van der Waals surface area contributed by atoms with Gasteiger partial charge in [-0.25, -0.2) is 29.7 Å². The third kappa shape index (κ3) is 5.56. The van der Waals surface area contributed by atoms with E-state index >= 15 is 0 Å². The molecule has 3 aromatic rings. The van der Waals surface area contributed by atoms with Gasteiger partial charge in [-0.2, -0.15) is 13.2 Å². The molecule has 10 nitrogen and oxygen atoms in total. The largest absolute Gasteiger partial charge is 0.480 e. The Morgan fingerprint density at radius 3 is 2.51 bits per heavy atom. The first kappa shape index (κ1) is 28.0. The van der Waals surface area contributed by atoms with Gasteiger partial charge < -0.3 is 14.0 Å². The van der Waals surface area contributed by atoms with Crippen molar-refractivity contribution in [1.82, 2.24) is 24.4 Å². The number of carbonyl (C=O) groups is 1. The number of hydrogen-bond acceptors (Lipinski definition) is 7. The summed E-state index contributed by atoms with van der Waals surface area (Å²) in [6, 6.07) is 6.73. The standard InChI is InChI=1S/C28H28F3N7O3/c1-15-16(2)41-27(39)38(12-17-6-8-19(9-7-17)25-35-20(13-37(25)4)28(29,30)31)24(15)36-23(32-3)21-22(18-10-11-18)33-14-34-26(21)40-5/h6-9,13-14,16,18H,3,10-12H2,1-2,4-5H3/b36-23-. The van der Waals surface area contributed by atoms with Gasteiger partial charge in [-0.3, -0.25) is 4.90 Å². The molecular formula is C28H28F3N7O3. The number of aromatic nitrogens is 4. The fourth-order valence-corrected chi connectivity index (χ4v) is 4.57. The number of halogens is 3. The van der Waals surface area contributed by atoms with Crippen LogP contribution in [-0.4, -0.2) is 56.3 Å². The molecule has 2 aromatic heterocycles. The molecule has 1 unspecified atom stereocenters. The summed E-state index contributed by atoms with van der Waals surface area (Å²) in [6.45, 7) is 7.35. The van der Waals surface area contributed by atoms with Crippen LogP contribution in [0.25, 0.3) is 11.4 Å². The molecule has 2 aliphatic rings. The van der Waals surface area contributed by atoms with Crippen LogP contribution in [0.5, 0.6) is 5.88 Å².